The highest BCUT2D eigenvalue weighted by Crippen LogP contribution is 2.02. The maximum absolute atomic E-state index is 11.4. The van der Waals surface area contributed by atoms with Crippen LogP contribution in [0.2, 0.25) is 0 Å². The van der Waals surface area contributed by atoms with E-state index in [9.17, 15) is 9.59 Å². The van der Waals surface area contributed by atoms with Gasteiger partial charge in [0.2, 0.25) is 0 Å². The molecule has 0 saturated heterocycles. The molecule has 0 aromatic heterocycles. The van der Waals surface area contributed by atoms with Crippen molar-refractivity contribution in [2.24, 2.45) is 5.73 Å². The third-order valence-corrected chi connectivity index (χ3v) is 2.45. The molecule has 0 aliphatic heterocycles. The summed E-state index contributed by atoms with van der Waals surface area (Å²) in [5.41, 5.74) is 6.33. The van der Waals surface area contributed by atoms with Crippen LogP contribution in [0.3, 0.4) is 0 Å². The van der Waals surface area contributed by atoms with E-state index in [4.69, 9.17) is 10.5 Å². The monoisotopic (exact) mass is 253 g/mol. The predicted molar refractivity (Wildman–Crippen MR) is 67.7 cm³/mol. The second kappa shape index (κ2) is 7.09. The van der Waals surface area contributed by atoms with Gasteiger partial charge in [0, 0.05) is 0 Å². The molecule has 2 N–H and O–H groups in total. The van der Waals surface area contributed by atoms with E-state index in [0.717, 1.165) is 5.56 Å². The summed E-state index contributed by atoms with van der Waals surface area (Å²) in [5.74, 6) is -1.13. The van der Waals surface area contributed by atoms with Crippen molar-refractivity contribution in [3.63, 3.8) is 0 Å². The number of hydrogen-bond acceptors (Lipinski definition) is 5. The fourth-order valence-corrected chi connectivity index (χ4v) is 1.49. The minimum absolute atomic E-state index is 0.0823. The van der Waals surface area contributed by atoms with Gasteiger partial charge < -0.3 is 10.5 Å². The van der Waals surface area contributed by atoms with Gasteiger partial charge in [0.1, 0.15) is 6.61 Å². The number of ether oxygens (including phenoxy) is 1. The molecule has 1 atom stereocenters. The standard InChI is InChI=1S/C12H15NO3S/c13-10(6-7-17)11(14)12(15)16-8-9-4-2-1-3-5-9/h1-5,10,17H,6-8,13H2/t10-/m0/s1. The molecule has 92 valence electrons. The van der Waals surface area contributed by atoms with Gasteiger partial charge in [-0.1, -0.05) is 30.3 Å². The summed E-state index contributed by atoms with van der Waals surface area (Å²) in [4.78, 5) is 22.8. The normalized spacial score (nSPS) is 11.9. The van der Waals surface area contributed by atoms with Crippen molar-refractivity contribution in [3.8, 4) is 0 Å². The predicted octanol–water partition coefficient (Wildman–Crippen LogP) is 0.946. The summed E-state index contributed by atoms with van der Waals surface area (Å²) in [5, 5.41) is 0. The summed E-state index contributed by atoms with van der Waals surface area (Å²) in [6.45, 7) is 0.0823. The van der Waals surface area contributed by atoms with Crippen molar-refractivity contribution >= 4 is 24.4 Å². The highest BCUT2D eigenvalue weighted by molar-refractivity contribution is 7.80. The van der Waals surface area contributed by atoms with Gasteiger partial charge in [-0.25, -0.2) is 4.79 Å². The zero-order chi connectivity index (χ0) is 12.7. The van der Waals surface area contributed by atoms with E-state index in [1.807, 2.05) is 30.3 Å². The second-order valence-electron chi connectivity index (χ2n) is 3.54. The Bertz CT molecular complexity index is 381. The van der Waals surface area contributed by atoms with E-state index in [1.165, 1.54) is 0 Å². The Morgan fingerprint density at radius 3 is 2.53 bits per heavy atom. The SMILES string of the molecule is N[C@@H](CCS)C(=O)C(=O)OCc1ccccc1. The average molecular weight is 253 g/mol. The van der Waals surface area contributed by atoms with E-state index in [2.05, 4.69) is 12.6 Å². The maximum atomic E-state index is 11.4. The zero-order valence-electron chi connectivity index (χ0n) is 9.33. The van der Waals surface area contributed by atoms with Crippen LogP contribution >= 0.6 is 12.6 Å². The summed E-state index contributed by atoms with van der Waals surface area (Å²) in [7, 11) is 0. The molecule has 0 spiro atoms. The lowest BCUT2D eigenvalue weighted by molar-refractivity contribution is -0.155. The van der Waals surface area contributed by atoms with E-state index in [-0.39, 0.29) is 6.61 Å². The molecule has 0 unspecified atom stereocenters. The Labute approximate surface area is 106 Å². The van der Waals surface area contributed by atoms with Crippen LogP contribution in [0.5, 0.6) is 0 Å². The fraction of sp³-hybridized carbons (Fsp3) is 0.333. The van der Waals surface area contributed by atoms with Crippen LogP contribution in [-0.4, -0.2) is 23.5 Å². The largest absolute Gasteiger partial charge is 0.455 e. The van der Waals surface area contributed by atoms with Gasteiger partial charge in [0.25, 0.3) is 5.78 Å². The summed E-state index contributed by atoms with van der Waals surface area (Å²) in [6, 6.07) is 8.32. The summed E-state index contributed by atoms with van der Waals surface area (Å²) < 4.78 is 4.86. The summed E-state index contributed by atoms with van der Waals surface area (Å²) in [6.07, 6.45) is 0.363. The van der Waals surface area contributed by atoms with Crippen molar-refractivity contribution in [3.05, 3.63) is 35.9 Å². The first-order valence-corrected chi connectivity index (χ1v) is 5.89. The first-order chi connectivity index (χ1) is 8.15. The molecule has 0 aliphatic rings. The number of esters is 1. The van der Waals surface area contributed by atoms with Gasteiger partial charge in [0.05, 0.1) is 6.04 Å². The summed E-state index contributed by atoms with van der Waals surface area (Å²) >= 11 is 3.95. The third kappa shape index (κ3) is 4.58. The Morgan fingerprint density at radius 2 is 1.94 bits per heavy atom. The first kappa shape index (κ1) is 13.7. The molecular formula is C12H15NO3S. The Morgan fingerprint density at radius 1 is 1.29 bits per heavy atom. The van der Waals surface area contributed by atoms with Crippen molar-refractivity contribution in [2.75, 3.05) is 5.75 Å². The number of nitrogens with two attached hydrogens (primary N) is 1. The number of benzene rings is 1. The number of carbonyl (C=O) groups is 2. The van der Waals surface area contributed by atoms with Crippen LogP contribution in [-0.2, 0) is 20.9 Å². The molecule has 1 rings (SSSR count). The topological polar surface area (TPSA) is 69.4 Å². The van der Waals surface area contributed by atoms with Crippen LogP contribution in [0.15, 0.2) is 30.3 Å². The fourth-order valence-electron chi connectivity index (χ4n) is 1.22. The molecule has 0 aliphatic carbocycles. The molecule has 0 amide bonds. The molecule has 1 aromatic carbocycles. The minimum Gasteiger partial charge on any atom is -0.455 e. The van der Waals surface area contributed by atoms with Crippen LogP contribution < -0.4 is 5.73 Å². The minimum atomic E-state index is -0.886. The number of Topliss-reactive ketones (excluding diaryl/α,β-unsaturated/α-hetero) is 1. The first-order valence-electron chi connectivity index (χ1n) is 5.26. The third-order valence-electron chi connectivity index (χ3n) is 2.19. The van der Waals surface area contributed by atoms with Crippen molar-refractivity contribution in [1.82, 2.24) is 0 Å². The van der Waals surface area contributed by atoms with Crippen molar-refractivity contribution in [2.45, 2.75) is 19.1 Å². The smallest absolute Gasteiger partial charge is 0.376 e. The Kier molecular flexibility index (Phi) is 5.72. The van der Waals surface area contributed by atoms with Crippen LogP contribution in [0.1, 0.15) is 12.0 Å². The number of carbonyl (C=O) groups excluding carboxylic acids is 2. The zero-order valence-corrected chi connectivity index (χ0v) is 10.2. The van der Waals surface area contributed by atoms with Gasteiger partial charge in [0.15, 0.2) is 0 Å². The highest BCUT2D eigenvalue weighted by Gasteiger charge is 2.22. The molecule has 0 saturated carbocycles. The van der Waals surface area contributed by atoms with Gasteiger partial charge in [-0.05, 0) is 17.7 Å². The van der Waals surface area contributed by atoms with Crippen molar-refractivity contribution < 1.29 is 14.3 Å². The molecule has 17 heavy (non-hydrogen) atoms. The van der Waals surface area contributed by atoms with E-state index in [1.54, 1.807) is 0 Å². The number of ketones is 1. The van der Waals surface area contributed by atoms with Gasteiger partial charge >= 0.3 is 5.97 Å². The van der Waals surface area contributed by atoms with Crippen LogP contribution in [0.25, 0.3) is 0 Å². The number of thiol groups is 1. The Balaban J connectivity index is 2.42. The highest BCUT2D eigenvalue weighted by atomic mass is 32.1. The second-order valence-corrected chi connectivity index (χ2v) is 3.99. The molecule has 0 radical (unpaired) electrons. The maximum Gasteiger partial charge on any atom is 0.376 e. The van der Waals surface area contributed by atoms with Gasteiger partial charge in [-0.15, -0.1) is 0 Å². The van der Waals surface area contributed by atoms with Crippen LogP contribution in [0.4, 0.5) is 0 Å². The molecule has 5 heteroatoms. The molecule has 0 heterocycles. The molecule has 1 aromatic rings. The lowest BCUT2D eigenvalue weighted by atomic mass is 10.1. The lowest BCUT2D eigenvalue weighted by Gasteiger charge is -2.08. The number of rotatable bonds is 6. The molecule has 0 fully saturated rings. The van der Waals surface area contributed by atoms with E-state index < -0.39 is 17.8 Å². The van der Waals surface area contributed by atoms with E-state index in [0.29, 0.717) is 12.2 Å². The lowest BCUT2D eigenvalue weighted by Crippen LogP contribution is -2.37. The average Bonchev–Trinajstić information content (AvgIpc) is 2.36. The Hall–Kier alpha value is -1.33. The van der Waals surface area contributed by atoms with Crippen molar-refractivity contribution in [1.29, 1.82) is 0 Å². The van der Waals surface area contributed by atoms with Crippen LogP contribution in [0, 0.1) is 0 Å². The van der Waals surface area contributed by atoms with Gasteiger partial charge in [-0.3, -0.25) is 4.79 Å². The molecule has 0 bridgehead atoms. The molecular weight excluding hydrogens is 238 g/mol. The van der Waals surface area contributed by atoms with Gasteiger partial charge in [-0.2, -0.15) is 12.6 Å². The van der Waals surface area contributed by atoms with E-state index >= 15 is 0 Å². The quantitative estimate of drug-likeness (QED) is 0.450. The molecule has 4 nitrogen and oxygen atoms in total. The number of hydrogen-bond donors (Lipinski definition) is 2.